The highest BCUT2D eigenvalue weighted by Gasteiger charge is 2.08. The monoisotopic (exact) mass is 202 g/mol. The van der Waals surface area contributed by atoms with Crippen LogP contribution in [0.3, 0.4) is 0 Å². The molecule has 0 aliphatic rings. The smallest absolute Gasteiger partial charge is 0.0488 e. The van der Waals surface area contributed by atoms with Crippen molar-refractivity contribution in [2.75, 3.05) is 7.05 Å². The number of rotatable bonds is 3. The molecule has 0 spiro atoms. The van der Waals surface area contributed by atoms with E-state index in [9.17, 15) is 0 Å². The van der Waals surface area contributed by atoms with Gasteiger partial charge in [0.2, 0.25) is 0 Å². The summed E-state index contributed by atoms with van der Waals surface area (Å²) in [5.41, 5.74) is 3.94. The molecule has 0 aliphatic heterocycles. The fourth-order valence-electron chi connectivity index (χ4n) is 1.92. The van der Waals surface area contributed by atoms with E-state index in [-0.39, 0.29) is 0 Å². The van der Waals surface area contributed by atoms with Gasteiger partial charge in [-0.15, -0.1) is 0 Å². The summed E-state index contributed by atoms with van der Waals surface area (Å²) in [6.45, 7) is 4.35. The predicted molar refractivity (Wildman–Crippen MR) is 65.2 cm³/mol. The summed E-state index contributed by atoms with van der Waals surface area (Å²) in [6.07, 6.45) is 1.07. The van der Waals surface area contributed by atoms with Gasteiger partial charge in [-0.3, -0.25) is 0 Å². The zero-order chi connectivity index (χ0) is 10.8. The van der Waals surface area contributed by atoms with Crippen molar-refractivity contribution in [3.8, 4) is 0 Å². The molecule has 1 aromatic carbocycles. The standard InChI is InChI=1S/C13H18N2/c1-4-10-6-5-7-11-8-12(9(2)14-3)15-13(10)11/h5-9,14-15H,4H2,1-3H3. The lowest BCUT2D eigenvalue weighted by Gasteiger charge is -2.06. The first-order valence-electron chi connectivity index (χ1n) is 5.54. The molecule has 2 aromatic rings. The molecule has 0 fully saturated rings. The van der Waals surface area contributed by atoms with Crippen LogP contribution in [0.5, 0.6) is 0 Å². The van der Waals surface area contributed by atoms with Crippen molar-refractivity contribution < 1.29 is 0 Å². The molecule has 0 amide bonds. The van der Waals surface area contributed by atoms with Gasteiger partial charge in [0, 0.05) is 17.3 Å². The Morgan fingerprint density at radius 1 is 1.40 bits per heavy atom. The third-order valence-corrected chi connectivity index (χ3v) is 3.04. The number of fused-ring (bicyclic) bond motifs is 1. The van der Waals surface area contributed by atoms with Crippen molar-refractivity contribution in [2.24, 2.45) is 0 Å². The van der Waals surface area contributed by atoms with E-state index in [1.54, 1.807) is 0 Å². The van der Waals surface area contributed by atoms with Crippen molar-refractivity contribution >= 4 is 10.9 Å². The van der Waals surface area contributed by atoms with Crippen LogP contribution < -0.4 is 5.32 Å². The maximum atomic E-state index is 3.50. The summed E-state index contributed by atoms with van der Waals surface area (Å²) < 4.78 is 0. The van der Waals surface area contributed by atoms with Crippen LogP contribution >= 0.6 is 0 Å². The molecule has 15 heavy (non-hydrogen) atoms. The third kappa shape index (κ3) is 1.77. The number of para-hydroxylation sites is 1. The maximum absolute atomic E-state index is 3.50. The number of aromatic nitrogens is 1. The van der Waals surface area contributed by atoms with Crippen LogP contribution in [0.2, 0.25) is 0 Å². The third-order valence-electron chi connectivity index (χ3n) is 3.04. The van der Waals surface area contributed by atoms with Gasteiger partial charge >= 0.3 is 0 Å². The Kier molecular flexibility index (Phi) is 2.78. The number of hydrogen-bond acceptors (Lipinski definition) is 1. The van der Waals surface area contributed by atoms with Crippen molar-refractivity contribution in [1.29, 1.82) is 0 Å². The minimum absolute atomic E-state index is 0.377. The van der Waals surface area contributed by atoms with Gasteiger partial charge < -0.3 is 10.3 Å². The van der Waals surface area contributed by atoms with E-state index in [0.29, 0.717) is 6.04 Å². The summed E-state index contributed by atoms with van der Waals surface area (Å²) in [4.78, 5) is 3.50. The van der Waals surface area contributed by atoms with E-state index in [4.69, 9.17) is 0 Å². The molecule has 1 unspecified atom stereocenters. The second kappa shape index (κ2) is 4.07. The summed E-state index contributed by atoms with van der Waals surface area (Å²) >= 11 is 0. The lowest BCUT2D eigenvalue weighted by atomic mass is 10.1. The molecule has 2 nitrogen and oxygen atoms in total. The highest BCUT2D eigenvalue weighted by Crippen LogP contribution is 2.22. The largest absolute Gasteiger partial charge is 0.357 e. The molecule has 2 heteroatoms. The van der Waals surface area contributed by atoms with Crippen LogP contribution in [-0.2, 0) is 6.42 Å². The van der Waals surface area contributed by atoms with Crippen LogP contribution in [-0.4, -0.2) is 12.0 Å². The van der Waals surface area contributed by atoms with E-state index in [0.717, 1.165) is 6.42 Å². The van der Waals surface area contributed by atoms with E-state index in [1.807, 2.05) is 7.05 Å². The van der Waals surface area contributed by atoms with Crippen molar-refractivity contribution in [1.82, 2.24) is 10.3 Å². The Balaban J connectivity index is 2.55. The number of benzene rings is 1. The van der Waals surface area contributed by atoms with Crippen molar-refractivity contribution in [3.05, 3.63) is 35.5 Å². The summed E-state index contributed by atoms with van der Waals surface area (Å²) in [7, 11) is 1.98. The summed E-state index contributed by atoms with van der Waals surface area (Å²) in [5, 5.41) is 4.56. The van der Waals surface area contributed by atoms with Crippen LogP contribution in [0.25, 0.3) is 10.9 Å². The first kappa shape index (κ1) is 10.2. The van der Waals surface area contributed by atoms with Gasteiger partial charge in [-0.25, -0.2) is 0 Å². The first-order valence-corrected chi connectivity index (χ1v) is 5.54. The van der Waals surface area contributed by atoms with E-state index < -0.39 is 0 Å². The van der Waals surface area contributed by atoms with Gasteiger partial charge in [-0.2, -0.15) is 0 Å². The van der Waals surface area contributed by atoms with Crippen LogP contribution in [0.1, 0.15) is 31.1 Å². The first-order chi connectivity index (χ1) is 7.26. The molecule has 80 valence electrons. The lowest BCUT2D eigenvalue weighted by molar-refractivity contribution is 0.638. The van der Waals surface area contributed by atoms with Crippen LogP contribution in [0.4, 0.5) is 0 Å². The van der Waals surface area contributed by atoms with E-state index in [1.165, 1.54) is 22.2 Å². The van der Waals surface area contributed by atoms with Gasteiger partial charge in [0.25, 0.3) is 0 Å². The zero-order valence-electron chi connectivity index (χ0n) is 9.59. The van der Waals surface area contributed by atoms with Gasteiger partial charge in [0.1, 0.15) is 0 Å². The number of H-pyrrole nitrogens is 1. The second-order valence-corrected chi connectivity index (χ2v) is 3.97. The lowest BCUT2D eigenvalue weighted by Crippen LogP contribution is -2.12. The van der Waals surface area contributed by atoms with Gasteiger partial charge in [-0.05, 0) is 37.4 Å². The van der Waals surface area contributed by atoms with Gasteiger partial charge in [-0.1, -0.05) is 25.1 Å². The molecular formula is C13H18N2. The normalized spacial score (nSPS) is 13.3. The predicted octanol–water partition coefficient (Wildman–Crippen LogP) is 3.01. The van der Waals surface area contributed by atoms with Crippen molar-refractivity contribution in [2.45, 2.75) is 26.3 Å². The number of nitrogens with one attached hydrogen (secondary N) is 2. The second-order valence-electron chi connectivity index (χ2n) is 3.97. The van der Waals surface area contributed by atoms with Crippen molar-refractivity contribution in [3.63, 3.8) is 0 Å². The molecule has 0 aliphatic carbocycles. The quantitative estimate of drug-likeness (QED) is 0.786. The van der Waals surface area contributed by atoms with Crippen LogP contribution in [0.15, 0.2) is 24.3 Å². The molecule has 1 aromatic heterocycles. The minimum atomic E-state index is 0.377. The maximum Gasteiger partial charge on any atom is 0.0488 e. The summed E-state index contributed by atoms with van der Waals surface area (Å²) in [5.74, 6) is 0. The Labute approximate surface area is 90.7 Å². The molecule has 1 atom stereocenters. The molecule has 2 rings (SSSR count). The number of aryl methyl sites for hydroxylation is 1. The molecule has 2 N–H and O–H groups in total. The minimum Gasteiger partial charge on any atom is -0.357 e. The zero-order valence-corrected chi connectivity index (χ0v) is 9.59. The molecule has 0 radical (unpaired) electrons. The Morgan fingerprint density at radius 2 is 2.20 bits per heavy atom. The highest BCUT2D eigenvalue weighted by molar-refractivity contribution is 5.83. The average Bonchev–Trinajstić information content (AvgIpc) is 2.71. The number of aromatic amines is 1. The Morgan fingerprint density at radius 3 is 2.87 bits per heavy atom. The molecule has 0 bridgehead atoms. The fraction of sp³-hybridized carbons (Fsp3) is 0.385. The molecule has 1 heterocycles. The van der Waals surface area contributed by atoms with Gasteiger partial charge in [0.15, 0.2) is 0 Å². The van der Waals surface area contributed by atoms with E-state index in [2.05, 4.69) is 48.4 Å². The molecular weight excluding hydrogens is 184 g/mol. The van der Waals surface area contributed by atoms with Crippen LogP contribution in [0, 0.1) is 0 Å². The SMILES string of the molecule is CCc1cccc2cc(C(C)NC)[nH]c12. The van der Waals surface area contributed by atoms with Gasteiger partial charge in [0.05, 0.1) is 0 Å². The molecule has 0 saturated heterocycles. The Bertz CT molecular complexity index is 457. The van der Waals surface area contributed by atoms with E-state index >= 15 is 0 Å². The summed E-state index contributed by atoms with van der Waals surface area (Å²) in [6, 6.07) is 9.09. The topological polar surface area (TPSA) is 27.8 Å². The molecule has 0 saturated carbocycles. The average molecular weight is 202 g/mol. The fourth-order valence-corrected chi connectivity index (χ4v) is 1.92. The number of hydrogen-bond donors (Lipinski definition) is 2. The highest BCUT2D eigenvalue weighted by atomic mass is 14.9. The Hall–Kier alpha value is -1.28.